The zero-order chi connectivity index (χ0) is 18.8. The molecule has 3 aromatic rings. The van der Waals surface area contributed by atoms with Crippen LogP contribution < -0.4 is 5.32 Å². The van der Waals surface area contributed by atoms with E-state index in [0.717, 1.165) is 34.9 Å². The fraction of sp³-hybridized carbons (Fsp3) is 0.368. The summed E-state index contributed by atoms with van der Waals surface area (Å²) < 4.78 is 2.19. The monoisotopic (exact) mass is 392 g/mol. The van der Waals surface area contributed by atoms with E-state index in [2.05, 4.69) is 20.1 Å². The van der Waals surface area contributed by atoms with Gasteiger partial charge in [-0.15, -0.1) is 0 Å². The maximum Gasteiger partial charge on any atom is 0.217 e. The molecule has 0 fully saturated rings. The SMILES string of the molecule is CC.CC(=O)NC1CCc2c(-c3cn[nH]c3)c3ccc(Cl)c(Cl)c3n2C1. The molecule has 0 radical (unpaired) electrons. The minimum Gasteiger partial charge on any atom is -0.352 e. The number of H-pyrrole nitrogens is 1. The molecule has 1 amide bonds. The molecule has 1 atom stereocenters. The molecular weight excluding hydrogens is 371 g/mol. The molecule has 0 aliphatic carbocycles. The topological polar surface area (TPSA) is 62.7 Å². The minimum atomic E-state index is -0.0147. The smallest absolute Gasteiger partial charge is 0.217 e. The van der Waals surface area contributed by atoms with Gasteiger partial charge >= 0.3 is 0 Å². The molecule has 2 aromatic heterocycles. The first kappa shape index (κ1) is 18.8. The number of hydrogen-bond donors (Lipinski definition) is 2. The Hall–Kier alpha value is -1.98. The maximum atomic E-state index is 11.4. The predicted octanol–water partition coefficient (Wildman–Crippen LogP) is 4.82. The Morgan fingerprint density at radius 3 is 2.77 bits per heavy atom. The second-order valence-electron chi connectivity index (χ2n) is 6.11. The number of carbonyl (C=O) groups excluding carboxylic acids is 1. The average Bonchev–Trinajstić information content (AvgIpc) is 3.25. The van der Waals surface area contributed by atoms with E-state index in [1.807, 2.05) is 38.4 Å². The lowest BCUT2D eigenvalue weighted by Crippen LogP contribution is -2.39. The summed E-state index contributed by atoms with van der Waals surface area (Å²) in [6.07, 6.45) is 5.45. The van der Waals surface area contributed by atoms with Crippen LogP contribution in [-0.2, 0) is 17.8 Å². The van der Waals surface area contributed by atoms with E-state index >= 15 is 0 Å². The van der Waals surface area contributed by atoms with E-state index in [-0.39, 0.29) is 11.9 Å². The first-order valence-electron chi connectivity index (χ1n) is 8.81. The quantitative estimate of drug-likeness (QED) is 0.656. The third-order valence-electron chi connectivity index (χ3n) is 4.55. The summed E-state index contributed by atoms with van der Waals surface area (Å²) in [7, 11) is 0. The van der Waals surface area contributed by atoms with Gasteiger partial charge in [0.2, 0.25) is 5.91 Å². The van der Waals surface area contributed by atoms with Crippen LogP contribution >= 0.6 is 23.2 Å². The first-order valence-corrected chi connectivity index (χ1v) is 9.57. The number of rotatable bonds is 2. The van der Waals surface area contributed by atoms with Crippen LogP contribution in [0.2, 0.25) is 10.0 Å². The highest BCUT2D eigenvalue weighted by molar-refractivity contribution is 6.45. The number of hydrogen-bond acceptors (Lipinski definition) is 2. The van der Waals surface area contributed by atoms with Crippen molar-refractivity contribution in [2.45, 2.75) is 46.2 Å². The van der Waals surface area contributed by atoms with Crippen LogP contribution in [0.4, 0.5) is 0 Å². The second kappa shape index (κ2) is 7.72. The number of fused-ring (bicyclic) bond motifs is 3. The Labute approximate surface area is 162 Å². The lowest BCUT2D eigenvalue weighted by molar-refractivity contribution is -0.119. The molecule has 1 aliphatic heterocycles. The van der Waals surface area contributed by atoms with Gasteiger partial charge in [0, 0.05) is 47.9 Å². The van der Waals surface area contributed by atoms with Crippen LogP contribution in [0, 0.1) is 0 Å². The third kappa shape index (κ3) is 3.21. The van der Waals surface area contributed by atoms with Crippen molar-refractivity contribution in [1.82, 2.24) is 20.1 Å². The van der Waals surface area contributed by atoms with Crippen molar-refractivity contribution in [1.29, 1.82) is 0 Å². The number of nitrogens with one attached hydrogen (secondary N) is 2. The van der Waals surface area contributed by atoms with E-state index in [1.54, 1.807) is 6.92 Å². The fourth-order valence-corrected chi connectivity index (χ4v) is 4.05. The molecule has 1 aliphatic rings. The average molecular weight is 393 g/mol. The van der Waals surface area contributed by atoms with Crippen LogP contribution in [0.1, 0.15) is 32.9 Å². The molecule has 0 bridgehead atoms. The van der Waals surface area contributed by atoms with E-state index in [9.17, 15) is 4.79 Å². The van der Waals surface area contributed by atoms with Gasteiger partial charge in [0.05, 0.1) is 21.8 Å². The maximum absolute atomic E-state index is 11.4. The summed E-state index contributed by atoms with van der Waals surface area (Å²) in [6, 6.07) is 3.93. The fourth-order valence-electron chi connectivity index (χ4n) is 3.63. The number of nitrogens with zero attached hydrogens (tertiary/aromatic N) is 2. The Balaban J connectivity index is 0.000000948. The minimum absolute atomic E-state index is 0.0147. The zero-order valence-corrected chi connectivity index (χ0v) is 16.6. The van der Waals surface area contributed by atoms with Gasteiger partial charge in [-0.2, -0.15) is 5.10 Å². The molecule has 0 saturated heterocycles. The molecule has 138 valence electrons. The van der Waals surface area contributed by atoms with Gasteiger partial charge in [-0.3, -0.25) is 9.89 Å². The van der Waals surface area contributed by atoms with Crippen molar-refractivity contribution < 1.29 is 4.79 Å². The summed E-state index contributed by atoms with van der Waals surface area (Å²) in [5, 5.41) is 12.1. The van der Waals surface area contributed by atoms with Crippen LogP contribution in [0.5, 0.6) is 0 Å². The Bertz CT molecular complexity index is 931. The van der Waals surface area contributed by atoms with Gasteiger partial charge in [-0.1, -0.05) is 43.1 Å². The van der Waals surface area contributed by atoms with E-state index in [1.165, 1.54) is 5.69 Å². The summed E-state index contributed by atoms with van der Waals surface area (Å²) in [6.45, 7) is 6.23. The van der Waals surface area contributed by atoms with Crippen molar-refractivity contribution in [3.05, 3.63) is 40.3 Å². The number of benzene rings is 1. The lowest BCUT2D eigenvalue weighted by Gasteiger charge is -2.26. The van der Waals surface area contributed by atoms with Crippen LogP contribution in [0.3, 0.4) is 0 Å². The number of amides is 1. The standard InChI is InChI=1S/C17H16Cl2N4O.C2H6/c1-9(24)22-11-2-5-14-15(10-6-20-21-7-10)12-3-4-13(18)16(19)17(12)23(14)8-11;1-2/h3-4,6-7,11H,2,5,8H2,1H3,(H,20,21)(H,22,24);1-2H3. The summed E-state index contributed by atoms with van der Waals surface area (Å²) in [5.74, 6) is -0.0147. The largest absolute Gasteiger partial charge is 0.352 e. The van der Waals surface area contributed by atoms with Crippen LogP contribution in [0.25, 0.3) is 22.0 Å². The van der Waals surface area contributed by atoms with Crippen molar-refractivity contribution in [2.75, 3.05) is 0 Å². The molecule has 4 rings (SSSR count). The highest BCUT2D eigenvalue weighted by atomic mass is 35.5. The lowest BCUT2D eigenvalue weighted by atomic mass is 9.99. The summed E-state index contributed by atoms with van der Waals surface area (Å²) >= 11 is 12.8. The second-order valence-corrected chi connectivity index (χ2v) is 6.90. The highest BCUT2D eigenvalue weighted by Gasteiger charge is 2.27. The van der Waals surface area contributed by atoms with E-state index in [0.29, 0.717) is 16.6 Å². The molecule has 5 nitrogen and oxygen atoms in total. The Morgan fingerprint density at radius 2 is 2.12 bits per heavy atom. The molecule has 7 heteroatoms. The molecule has 0 saturated carbocycles. The Morgan fingerprint density at radius 1 is 1.35 bits per heavy atom. The number of carbonyl (C=O) groups is 1. The molecule has 26 heavy (non-hydrogen) atoms. The van der Waals surface area contributed by atoms with Gasteiger partial charge < -0.3 is 9.88 Å². The molecule has 1 aromatic carbocycles. The number of aromatic amines is 1. The normalized spacial score (nSPS) is 16.0. The molecule has 0 spiro atoms. The van der Waals surface area contributed by atoms with E-state index in [4.69, 9.17) is 23.2 Å². The molecule has 2 N–H and O–H groups in total. The van der Waals surface area contributed by atoms with Crippen LogP contribution in [-0.4, -0.2) is 26.7 Å². The number of aromatic nitrogens is 3. The van der Waals surface area contributed by atoms with Crippen molar-refractivity contribution in [3.63, 3.8) is 0 Å². The van der Waals surface area contributed by atoms with E-state index < -0.39 is 0 Å². The number of halogens is 2. The third-order valence-corrected chi connectivity index (χ3v) is 5.34. The van der Waals surface area contributed by atoms with Gasteiger partial charge in [0.25, 0.3) is 0 Å². The molecular formula is C19H22Cl2N4O. The predicted molar refractivity (Wildman–Crippen MR) is 107 cm³/mol. The Kier molecular flexibility index (Phi) is 5.58. The first-order chi connectivity index (χ1) is 12.6. The van der Waals surface area contributed by atoms with Gasteiger partial charge in [0.1, 0.15) is 0 Å². The summed E-state index contributed by atoms with van der Waals surface area (Å²) in [5.41, 5.74) is 4.30. The molecule has 1 unspecified atom stereocenters. The van der Waals surface area contributed by atoms with Crippen molar-refractivity contribution >= 4 is 40.0 Å². The van der Waals surface area contributed by atoms with Gasteiger partial charge in [-0.05, 0) is 18.9 Å². The van der Waals surface area contributed by atoms with Crippen LogP contribution in [0.15, 0.2) is 24.5 Å². The molecule has 3 heterocycles. The summed E-state index contributed by atoms with van der Waals surface area (Å²) in [4.78, 5) is 11.4. The van der Waals surface area contributed by atoms with Gasteiger partial charge in [-0.25, -0.2) is 0 Å². The van der Waals surface area contributed by atoms with Gasteiger partial charge in [0.15, 0.2) is 0 Å². The van der Waals surface area contributed by atoms with Crippen molar-refractivity contribution in [2.24, 2.45) is 0 Å². The van der Waals surface area contributed by atoms with Crippen molar-refractivity contribution in [3.8, 4) is 11.1 Å². The highest BCUT2D eigenvalue weighted by Crippen LogP contribution is 2.42. The zero-order valence-electron chi connectivity index (χ0n) is 15.1.